The summed E-state index contributed by atoms with van der Waals surface area (Å²) in [5.74, 6) is -0.368. The van der Waals surface area contributed by atoms with Crippen LogP contribution in [0.25, 0.3) is 0 Å². The lowest BCUT2D eigenvalue weighted by atomic mass is 10.2. The molecule has 21 heavy (non-hydrogen) atoms. The number of benzene rings is 2. The monoisotopic (exact) mass is 292 g/mol. The Morgan fingerprint density at radius 1 is 1.19 bits per heavy atom. The minimum atomic E-state index is -1.38. The SMILES string of the molecule is O=C(O)Nc1ccc(Oc2ccc([N+](=O)[O-])cc2)cc1F. The summed E-state index contributed by atoms with van der Waals surface area (Å²) < 4.78 is 18.9. The molecule has 0 aliphatic carbocycles. The highest BCUT2D eigenvalue weighted by Gasteiger charge is 2.09. The second-order valence-electron chi connectivity index (χ2n) is 3.92. The summed E-state index contributed by atoms with van der Waals surface area (Å²) in [5, 5.41) is 20.9. The minimum Gasteiger partial charge on any atom is -0.465 e. The van der Waals surface area contributed by atoms with Crippen molar-refractivity contribution in [2.24, 2.45) is 0 Å². The van der Waals surface area contributed by atoms with Crippen molar-refractivity contribution in [1.82, 2.24) is 0 Å². The van der Waals surface area contributed by atoms with Crippen molar-refractivity contribution >= 4 is 17.5 Å². The van der Waals surface area contributed by atoms with Gasteiger partial charge in [-0.2, -0.15) is 0 Å². The first-order chi connectivity index (χ1) is 9.95. The fourth-order valence-corrected chi connectivity index (χ4v) is 1.55. The second kappa shape index (κ2) is 5.87. The zero-order valence-electron chi connectivity index (χ0n) is 10.4. The van der Waals surface area contributed by atoms with Gasteiger partial charge >= 0.3 is 6.09 Å². The van der Waals surface area contributed by atoms with E-state index in [2.05, 4.69) is 0 Å². The van der Waals surface area contributed by atoms with Gasteiger partial charge in [-0.1, -0.05) is 0 Å². The Morgan fingerprint density at radius 2 is 1.81 bits per heavy atom. The predicted octanol–water partition coefficient (Wildman–Crippen LogP) is 3.62. The molecule has 0 aromatic heterocycles. The maximum atomic E-state index is 13.6. The number of carbonyl (C=O) groups is 1. The molecular formula is C13H9FN2O5. The fourth-order valence-electron chi connectivity index (χ4n) is 1.55. The van der Waals surface area contributed by atoms with Gasteiger partial charge in [0.25, 0.3) is 5.69 Å². The number of ether oxygens (including phenoxy) is 1. The van der Waals surface area contributed by atoms with E-state index >= 15 is 0 Å². The molecule has 0 radical (unpaired) electrons. The second-order valence-corrected chi connectivity index (χ2v) is 3.92. The number of nitro groups is 1. The standard InChI is InChI=1S/C13H9FN2O5/c14-11-7-10(5-6-12(11)15-13(17)18)21-9-3-1-8(2-4-9)16(19)20/h1-7,15H,(H,17,18). The Kier molecular flexibility index (Phi) is 3.98. The lowest BCUT2D eigenvalue weighted by molar-refractivity contribution is -0.384. The molecule has 0 spiro atoms. The minimum absolute atomic E-state index is 0.0884. The number of non-ortho nitro benzene ring substituents is 1. The molecule has 0 fully saturated rings. The summed E-state index contributed by atoms with van der Waals surface area (Å²) in [6.45, 7) is 0. The molecule has 0 saturated carbocycles. The van der Waals surface area contributed by atoms with Crippen molar-refractivity contribution in [1.29, 1.82) is 0 Å². The number of halogens is 1. The summed E-state index contributed by atoms with van der Waals surface area (Å²) >= 11 is 0. The third kappa shape index (κ3) is 3.66. The smallest absolute Gasteiger partial charge is 0.409 e. The molecule has 2 aromatic carbocycles. The number of anilines is 1. The Morgan fingerprint density at radius 3 is 2.33 bits per heavy atom. The highest BCUT2D eigenvalue weighted by molar-refractivity contribution is 5.83. The molecule has 8 heteroatoms. The summed E-state index contributed by atoms with van der Waals surface area (Å²) in [7, 11) is 0. The van der Waals surface area contributed by atoms with E-state index in [1.807, 2.05) is 5.32 Å². The van der Waals surface area contributed by atoms with Crippen LogP contribution in [-0.2, 0) is 0 Å². The molecule has 1 amide bonds. The van der Waals surface area contributed by atoms with E-state index in [1.54, 1.807) is 0 Å². The number of hydrogen-bond donors (Lipinski definition) is 2. The Bertz CT molecular complexity index is 687. The lowest BCUT2D eigenvalue weighted by Crippen LogP contribution is -2.08. The Labute approximate surface area is 117 Å². The molecular weight excluding hydrogens is 283 g/mol. The van der Waals surface area contributed by atoms with E-state index in [-0.39, 0.29) is 17.1 Å². The molecule has 0 aliphatic heterocycles. The van der Waals surface area contributed by atoms with Crippen LogP contribution in [0.2, 0.25) is 0 Å². The summed E-state index contributed by atoms with van der Waals surface area (Å²) in [6.07, 6.45) is -1.38. The van der Waals surface area contributed by atoms with Crippen LogP contribution in [0.15, 0.2) is 42.5 Å². The molecule has 2 rings (SSSR count). The first-order valence-corrected chi connectivity index (χ1v) is 5.67. The number of nitro benzene ring substituents is 1. The van der Waals surface area contributed by atoms with Crippen LogP contribution >= 0.6 is 0 Å². The molecule has 0 atom stereocenters. The fraction of sp³-hybridized carbons (Fsp3) is 0. The number of carboxylic acid groups (broad SMARTS) is 1. The predicted molar refractivity (Wildman–Crippen MR) is 71.2 cm³/mol. The zero-order valence-corrected chi connectivity index (χ0v) is 10.4. The van der Waals surface area contributed by atoms with E-state index in [9.17, 15) is 19.3 Å². The summed E-state index contributed by atoms with van der Waals surface area (Å²) in [4.78, 5) is 20.4. The molecule has 0 unspecified atom stereocenters. The van der Waals surface area contributed by atoms with Crippen LogP contribution in [-0.4, -0.2) is 16.1 Å². The van der Waals surface area contributed by atoms with Gasteiger partial charge in [0.15, 0.2) is 5.82 Å². The van der Waals surface area contributed by atoms with Crippen molar-refractivity contribution in [3.63, 3.8) is 0 Å². The maximum Gasteiger partial charge on any atom is 0.409 e. The van der Waals surface area contributed by atoms with E-state index in [0.29, 0.717) is 5.75 Å². The van der Waals surface area contributed by atoms with Gasteiger partial charge in [-0.05, 0) is 24.3 Å². The van der Waals surface area contributed by atoms with Crippen LogP contribution in [0.4, 0.5) is 20.6 Å². The van der Waals surface area contributed by atoms with Crippen LogP contribution in [0, 0.1) is 15.9 Å². The quantitative estimate of drug-likeness (QED) is 0.662. The van der Waals surface area contributed by atoms with Gasteiger partial charge in [0, 0.05) is 18.2 Å². The highest BCUT2D eigenvalue weighted by Crippen LogP contribution is 2.26. The zero-order chi connectivity index (χ0) is 15.4. The van der Waals surface area contributed by atoms with Crippen molar-refractivity contribution in [2.45, 2.75) is 0 Å². The van der Waals surface area contributed by atoms with Gasteiger partial charge < -0.3 is 9.84 Å². The largest absolute Gasteiger partial charge is 0.465 e. The van der Waals surface area contributed by atoms with Crippen molar-refractivity contribution in [3.05, 3.63) is 58.4 Å². The van der Waals surface area contributed by atoms with Crippen molar-refractivity contribution < 1.29 is 24.0 Å². The van der Waals surface area contributed by atoms with E-state index in [1.165, 1.54) is 36.4 Å². The maximum absolute atomic E-state index is 13.6. The molecule has 2 N–H and O–H groups in total. The van der Waals surface area contributed by atoms with E-state index in [4.69, 9.17) is 9.84 Å². The molecule has 0 heterocycles. The van der Waals surface area contributed by atoms with Crippen molar-refractivity contribution in [3.8, 4) is 11.5 Å². The summed E-state index contributed by atoms with van der Waals surface area (Å²) in [6, 6.07) is 8.85. The van der Waals surface area contributed by atoms with Crippen LogP contribution in [0.1, 0.15) is 0 Å². The van der Waals surface area contributed by atoms with Crippen LogP contribution in [0.3, 0.4) is 0 Å². The Hall–Kier alpha value is -3.16. The molecule has 7 nitrogen and oxygen atoms in total. The first kappa shape index (κ1) is 14.3. The van der Waals surface area contributed by atoms with Gasteiger partial charge in [-0.3, -0.25) is 15.4 Å². The molecule has 108 valence electrons. The van der Waals surface area contributed by atoms with Crippen LogP contribution in [0.5, 0.6) is 11.5 Å². The Balaban J connectivity index is 2.14. The number of hydrogen-bond acceptors (Lipinski definition) is 4. The van der Waals surface area contributed by atoms with Crippen molar-refractivity contribution in [2.75, 3.05) is 5.32 Å². The normalized spacial score (nSPS) is 9.95. The van der Waals surface area contributed by atoms with Gasteiger partial charge in [0.1, 0.15) is 11.5 Å². The van der Waals surface area contributed by atoms with Gasteiger partial charge in [-0.25, -0.2) is 9.18 Å². The average molecular weight is 292 g/mol. The van der Waals surface area contributed by atoms with Gasteiger partial charge in [-0.15, -0.1) is 0 Å². The third-order valence-corrected chi connectivity index (χ3v) is 2.47. The van der Waals surface area contributed by atoms with E-state index < -0.39 is 16.8 Å². The van der Waals surface area contributed by atoms with Gasteiger partial charge in [0.2, 0.25) is 0 Å². The average Bonchev–Trinajstić information content (AvgIpc) is 2.42. The molecule has 0 aliphatic rings. The van der Waals surface area contributed by atoms with Crippen LogP contribution < -0.4 is 10.1 Å². The number of nitrogens with one attached hydrogen (secondary N) is 1. The topological polar surface area (TPSA) is 102 Å². The highest BCUT2D eigenvalue weighted by atomic mass is 19.1. The molecule has 2 aromatic rings. The van der Waals surface area contributed by atoms with Gasteiger partial charge in [0.05, 0.1) is 10.6 Å². The number of amides is 1. The lowest BCUT2D eigenvalue weighted by Gasteiger charge is -2.07. The molecule has 0 bridgehead atoms. The number of nitrogens with zero attached hydrogens (tertiary/aromatic N) is 1. The third-order valence-electron chi connectivity index (χ3n) is 2.47. The molecule has 0 saturated heterocycles. The summed E-state index contributed by atoms with van der Waals surface area (Å²) in [5.41, 5.74) is -0.284. The number of rotatable bonds is 4. The van der Waals surface area contributed by atoms with E-state index in [0.717, 1.165) is 6.07 Å². The first-order valence-electron chi connectivity index (χ1n) is 5.67.